The lowest BCUT2D eigenvalue weighted by molar-refractivity contribution is -0.138. The van der Waals surface area contributed by atoms with Crippen LogP contribution in [0.4, 0.5) is 0 Å². The van der Waals surface area contributed by atoms with Crippen LogP contribution >= 0.6 is 0 Å². The van der Waals surface area contributed by atoms with E-state index in [2.05, 4.69) is 6.07 Å². The third-order valence-electron chi connectivity index (χ3n) is 3.27. The first-order valence-corrected chi connectivity index (χ1v) is 6.78. The number of hydrogen-bond donors (Lipinski definition) is 0. The van der Waals surface area contributed by atoms with Crippen LogP contribution in [0.5, 0.6) is 0 Å². The van der Waals surface area contributed by atoms with E-state index in [4.69, 9.17) is 0 Å². The predicted octanol–water partition coefficient (Wildman–Crippen LogP) is 1.72. The number of carbonyl (C=O) groups is 2. The smallest absolute Gasteiger partial charge is 0.226 e. The molecule has 0 heterocycles. The zero-order chi connectivity index (χ0) is 15.3. The summed E-state index contributed by atoms with van der Waals surface area (Å²) in [7, 11) is 6.88. The Bertz CT molecular complexity index is 481. The maximum atomic E-state index is 12.2. The minimum atomic E-state index is -0.304. The lowest BCUT2D eigenvalue weighted by Gasteiger charge is -2.22. The quantitative estimate of drug-likeness (QED) is 0.821. The second-order valence-corrected chi connectivity index (χ2v) is 5.62. The number of amides is 2. The number of carbonyl (C=O) groups excluding carboxylic acids is 2. The van der Waals surface area contributed by atoms with E-state index in [-0.39, 0.29) is 24.2 Å². The standard InChI is InChI=1S/C16H24N2O2/c1-12-7-6-8-13(9-12)10-14(16(20)18(4)5)11-15(19)17(2)3/h6-9,14H,10-11H2,1-5H3. The molecule has 0 N–H and O–H groups in total. The predicted molar refractivity (Wildman–Crippen MR) is 80.4 cm³/mol. The summed E-state index contributed by atoms with van der Waals surface area (Å²) < 4.78 is 0. The maximum absolute atomic E-state index is 12.2. The SMILES string of the molecule is Cc1cccc(CC(CC(=O)N(C)C)C(=O)N(C)C)c1. The molecule has 4 heteroatoms. The fourth-order valence-corrected chi connectivity index (χ4v) is 2.13. The highest BCUT2D eigenvalue weighted by atomic mass is 16.2. The van der Waals surface area contributed by atoms with Crippen molar-refractivity contribution in [1.82, 2.24) is 9.80 Å². The Morgan fingerprint density at radius 1 is 1.10 bits per heavy atom. The van der Waals surface area contributed by atoms with E-state index < -0.39 is 0 Å². The summed E-state index contributed by atoms with van der Waals surface area (Å²) in [5.74, 6) is -0.318. The highest BCUT2D eigenvalue weighted by Gasteiger charge is 2.24. The second kappa shape index (κ2) is 7.08. The third kappa shape index (κ3) is 4.68. The maximum Gasteiger partial charge on any atom is 0.226 e. The van der Waals surface area contributed by atoms with Gasteiger partial charge in [0.25, 0.3) is 0 Å². The van der Waals surface area contributed by atoms with Gasteiger partial charge in [-0.1, -0.05) is 29.8 Å². The van der Waals surface area contributed by atoms with Crippen LogP contribution in [0.1, 0.15) is 17.5 Å². The largest absolute Gasteiger partial charge is 0.349 e. The lowest BCUT2D eigenvalue weighted by Crippen LogP contribution is -2.35. The molecule has 0 aromatic heterocycles. The molecule has 1 atom stereocenters. The first kappa shape index (κ1) is 16.2. The normalized spacial score (nSPS) is 11.8. The van der Waals surface area contributed by atoms with Crippen LogP contribution in [-0.2, 0) is 16.0 Å². The minimum absolute atomic E-state index is 0.00158. The molecule has 0 aliphatic heterocycles. The van der Waals surface area contributed by atoms with E-state index in [1.165, 1.54) is 4.90 Å². The van der Waals surface area contributed by atoms with Crippen molar-refractivity contribution in [3.63, 3.8) is 0 Å². The van der Waals surface area contributed by atoms with Gasteiger partial charge < -0.3 is 9.80 Å². The van der Waals surface area contributed by atoms with Crippen molar-refractivity contribution in [2.24, 2.45) is 5.92 Å². The molecule has 4 nitrogen and oxygen atoms in total. The summed E-state index contributed by atoms with van der Waals surface area (Å²) in [5.41, 5.74) is 2.26. The van der Waals surface area contributed by atoms with Gasteiger partial charge in [-0.05, 0) is 18.9 Å². The van der Waals surface area contributed by atoms with E-state index in [9.17, 15) is 9.59 Å². The van der Waals surface area contributed by atoms with Crippen LogP contribution in [0.2, 0.25) is 0 Å². The third-order valence-corrected chi connectivity index (χ3v) is 3.27. The monoisotopic (exact) mass is 276 g/mol. The highest BCUT2D eigenvalue weighted by Crippen LogP contribution is 2.16. The summed E-state index contributed by atoms with van der Waals surface area (Å²) in [6.45, 7) is 2.03. The Kier molecular flexibility index (Phi) is 5.74. The van der Waals surface area contributed by atoms with Crippen molar-refractivity contribution in [2.45, 2.75) is 19.8 Å². The Morgan fingerprint density at radius 2 is 1.75 bits per heavy atom. The summed E-state index contributed by atoms with van der Waals surface area (Å²) in [4.78, 5) is 27.2. The molecule has 0 aliphatic carbocycles. The van der Waals surface area contributed by atoms with E-state index in [1.807, 2.05) is 25.1 Å². The zero-order valence-electron chi connectivity index (χ0n) is 13.0. The van der Waals surface area contributed by atoms with E-state index >= 15 is 0 Å². The van der Waals surface area contributed by atoms with Crippen molar-refractivity contribution in [3.8, 4) is 0 Å². The summed E-state index contributed by atoms with van der Waals surface area (Å²) in [6.07, 6.45) is 0.843. The Labute approximate surface area is 121 Å². The molecule has 0 saturated carbocycles. The molecule has 1 rings (SSSR count). The van der Waals surface area contributed by atoms with Gasteiger partial charge in [0.1, 0.15) is 0 Å². The molecule has 110 valence electrons. The topological polar surface area (TPSA) is 40.6 Å². The van der Waals surface area contributed by atoms with Crippen molar-refractivity contribution >= 4 is 11.8 Å². The molecule has 1 unspecified atom stereocenters. The van der Waals surface area contributed by atoms with Gasteiger partial charge in [0.2, 0.25) is 11.8 Å². The van der Waals surface area contributed by atoms with Crippen molar-refractivity contribution < 1.29 is 9.59 Å². The number of nitrogens with zero attached hydrogens (tertiary/aromatic N) is 2. The Balaban J connectivity index is 2.88. The molecule has 0 radical (unpaired) electrons. The lowest BCUT2D eigenvalue weighted by atomic mass is 9.93. The van der Waals surface area contributed by atoms with E-state index in [1.54, 1.807) is 33.1 Å². The Morgan fingerprint density at radius 3 is 2.25 bits per heavy atom. The number of rotatable bonds is 5. The Hall–Kier alpha value is -1.84. The molecule has 1 aromatic carbocycles. The van der Waals surface area contributed by atoms with E-state index in [0.717, 1.165) is 11.1 Å². The first-order valence-electron chi connectivity index (χ1n) is 6.78. The number of hydrogen-bond acceptors (Lipinski definition) is 2. The van der Waals surface area contributed by atoms with Gasteiger partial charge in [0, 0.05) is 34.6 Å². The second-order valence-electron chi connectivity index (χ2n) is 5.62. The summed E-state index contributed by atoms with van der Waals surface area (Å²) in [5, 5.41) is 0. The van der Waals surface area contributed by atoms with Gasteiger partial charge in [-0.25, -0.2) is 0 Å². The minimum Gasteiger partial charge on any atom is -0.349 e. The highest BCUT2D eigenvalue weighted by molar-refractivity contribution is 5.85. The fourth-order valence-electron chi connectivity index (χ4n) is 2.13. The molecule has 0 fully saturated rings. The average molecular weight is 276 g/mol. The van der Waals surface area contributed by atoms with Gasteiger partial charge in [0.15, 0.2) is 0 Å². The molecular formula is C16H24N2O2. The molecule has 20 heavy (non-hydrogen) atoms. The van der Waals surface area contributed by atoms with Gasteiger partial charge in [-0.2, -0.15) is 0 Å². The molecule has 0 bridgehead atoms. The van der Waals surface area contributed by atoms with Crippen LogP contribution < -0.4 is 0 Å². The first-order chi connectivity index (χ1) is 9.31. The van der Waals surface area contributed by atoms with Crippen LogP contribution in [0.15, 0.2) is 24.3 Å². The zero-order valence-corrected chi connectivity index (χ0v) is 13.0. The molecule has 0 saturated heterocycles. The molecule has 0 spiro atoms. The van der Waals surface area contributed by atoms with Crippen LogP contribution in [0.3, 0.4) is 0 Å². The molecule has 1 aromatic rings. The van der Waals surface area contributed by atoms with Crippen LogP contribution in [0, 0.1) is 12.8 Å². The van der Waals surface area contributed by atoms with E-state index in [0.29, 0.717) is 6.42 Å². The van der Waals surface area contributed by atoms with Gasteiger partial charge in [-0.3, -0.25) is 9.59 Å². The van der Waals surface area contributed by atoms with Crippen molar-refractivity contribution in [1.29, 1.82) is 0 Å². The van der Waals surface area contributed by atoms with Gasteiger partial charge in [0.05, 0.1) is 5.92 Å². The van der Waals surface area contributed by atoms with Gasteiger partial charge in [-0.15, -0.1) is 0 Å². The molecular weight excluding hydrogens is 252 g/mol. The summed E-state index contributed by atoms with van der Waals surface area (Å²) in [6, 6.07) is 8.08. The van der Waals surface area contributed by atoms with Gasteiger partial charge >= 0.3 is 0 Å². The molecule has 2 amide bonds. The average Bonchev–Trinajstić information content (AvgIpc) is 2.36. The van der Waals surface area contributed by atoms with Crippen molar-refractivity contribution in [3.05, 3.63) is 35.4 Å². The van der Waals surface area contributed by atoms with Crippen LogP contribution in [0.25, 0.3) is 0 Å². The van der Waals surface area contributed by atoms with Crippen molar-refractivity contribution in [2.75, 3.05) is 28.2 Å². The number of aryl methyl sites for hydroxylation is 1. The van der Waals surface area contributed by atoms with Crippen LogP contribution in [-0.4, -0.2) is 49.8 Å². The summed E-state index contributed by atoms with van der Waals surface area (Å²) >= 11 is 0. The fraction of sp³-hybridized carbons (Fsp3) is 0.500. The molecule has 0 aliphatic rings. The number of benzene rings is 1.